The van der Waals surface area contributed by atoms with Crippen LogP contribution in [0.25, 0.3) is 0 Å². The average molecular weight is 256 g/mol. The number of hydrogen-bond donors (Lipinski definition) is 1. The molecule has 0 saturated carbocycles. The molecule has 0 aromatic heterocycles. The van der Waals surface area contributed by atoms with Crippen LogP contribution in [0.3, 0.4) is 0 Å². The first-order chi connectivity index (χ1) is 7.79. The van der Waals surface area contributed by atoms with Gasteiger partial charge < -0.3 is 10.5 Å². The number of ether oxygens (including phenoxy) is 1. The molecule has 1 atom stereocenters. The van der Waals surface area contributed by atoms with E-state index < -0.39 is 17.6 Å². The van der Waals surface area contributed by atoms with E-state index in [-0.39, 0.29) is 0 Å². The van der Waals surface area contributed by atoms with Gasteiger partial charge in [0, 0.05) is 5.02 Å². The number of nitrogens with two attached hydrogens (primary N) is 1. The van der Waals surface area contributed by atoms with Crippen LogP contribution in [-0.2, 0) is 16.0 Å². The Morgan fingerprint density at radius 1 is 1.41 bits per heavy atom. The molecule has 17 heavy (non-hydrogen) atoms. The molecule has 0 heterocycles. The summed E-state index contributed by atoms with van der Waals surface area (Å²) in [5.74, 6) is -0.405. The molecule has 0 aliphatic rings. The van der Waals surface area contributed by atoms with E-state index in [1.54, 1.807) is 6.07 Å². The summed E-state index contributed by atoms with van der Waals surface area (Å²) in [6, 6.07) is 6.65. The lowest BCUT2D eigenvalue weighted by atomic mass is 10.1. The second-order valence-corrected chi connectivity index (χ2v) is 5.34. The van der Waals surface area contributed by atoms with Gasteiger partial charge in [0.1, 0.15) is 11.6 Å². The molecule has 1 rings (SSSR count). The number of carbonyl (C=O) groups excluding carboxylic acids is 1. The molecule has 3 nitrogen and oxygen atoms in total. The minimum absolute atomic E-state index is 0.384. The summed E-state index contributed by atoms with van der Waals surface area (Å²) in [5, 5.41) is 0.617. The highest BCUT2D eigenvalue weighted by molar-refractivity contribution is 6.31. The zero-order chi connectivity index (χ0) is 13.1. The maximum atomic E-state index is 11.7. The van der Waals surface area contributed by atoms with Gasteiger partial charge in [-0.1, -0.05) is 29.8 Å². The van der Waals surface area contributed by atoms with Gasteiger partial charge in [0.2, 0.25) is 0 Å². The number of carbonyl (C=O) groups is 1. The molecule has 0 bridgehead atoms. The summed E-state index contributed by atoms with van der Waals surface area (Å²) in [6.07, 6.45) is 0.384. The Labute approximate surface area is 107 Å². The van der Waals surface area contributed by atoms with Crippen molar-refractivity contribution in [2.75, 3.05) is 0 Å². The molecule has 0 saturated heterocycles. The molecule has 0 fully saturated rings. The Morgan fingerprint density at radius 3 is 2.53 bits per heavy atom. The van der Waals surface area contributed by atoms with E-state index in [1.807, 2.05) is 39.0 Å². The van der Waals surface area contributed by atoms with Gasteiger partial charge in [-0.05, 0) is 38.8 Å². The molecule has 4 heteroatoms. The molecule has 1 aromatic carbocycles. The standard InChI is InChI=1S/C13H18ClNO2/c1-13(2,3)17-12(16)11(15)8-9-6-4-5-7-10(9)14/h4-7,11H,8,15H2,1-3H3. The van der Waals surface area contributed by atoms with Crippen molar-refractivity contribution >= 4 is 17.6 Å². The first kappa shape index (κ1) is 14.0. The highest BCUT2D eigenvalue weighted by Crippen LogP contribution is 2.17. The lowest BCUT2D eigenvalue weighted by Gasteiger charge is -2.22. The maximum Gasteiger partial charge on any atom is 0.323 e. The Morgan fingerprint density at radius 2 is 2.00 bits per heavy atom. The zero-order valence-corrected chi connectivity index (χ0v) is 11.1. The third-order valence-corrected chi connectivity index (χ3v) is 2.48. The molecule has 0 aliphatic carbocycles. The molecular formula is C13H18ClNO2. The fourth-order valence-electron chi connectivity index (χ4n) is 1.36. The largest absolute Gasteiger partial charge is 0.459 e. The van der Waals surface area contributed by atoms with E-state index in [1.165, 1.54) is 0 Å². The summed E-state index contributed by atoms with van der Waals surface area (Å²) in [7, 11) is 0. The number of halogens is 1. The van der Waals surface area contributed by atoms with E-state index >= 15 is 0 Å². The van der Waals surface area contributed by atoms with Crippen LogP contribution >= 0.6 is 11.6 Å². The topological polar surface area (TPSA) is 52.3 Å². The van der Waals surface area contributed by atoms with Crippen molar-refractivity contribution in [2.45, 2.75) is 38.8 Å². The zero-order valence-electron chi connectivity index (χ0n) is 10.4. The summed E-state index contributed by atoms with van der Waals surface area (Å²) >= 11 is 6.00. The summed E-state index contributed by atoms with van der Waals surface area (Å²) in [4.78, 5) is 11.7. The fourth-order valence-corrected chi connectivity index (χ4v) is 1.57. The van der Waals surface area contributed by atoms with Crippen LogP contribution in [0.15, 0.2) is 24.3 Å². The Balaban J connectivity index is 2.64. The van der Waals surface area contributed by atoms with Gasteiger partial charge >= 0.3 is 5.97 Å². The van der Waals surface area contributed by atoms with E-state index in [9.17, 15) is 4.79 Å². The number of rotatable bonds is 3. The van der Waals surface area contributed by atoms with E-state index in [4.69, 9.17) is 22.1 Å². The van der Waals surface area contributed by atoms with Crippen molar-refractivity contribution in [1.82, 2.24) is 0 Å². The maximum absolute atomic E-state index is 11.7. The number of benzene rings is 1. The van der Waals surface area contributed by atoms with Crippen LogP contribution in [0.1, 0.15) is 26.3 Å². The first-order valence-corrected chi connectivity index (χ1v) is 5.89. The van der Waals surface area contributed by atoms with Crippen LogP contribution in [0.5, 0.6) is 0 Å². The molecule has 1 unspecified atom stereocenters. The van der Waals surface area contributed by atoms with Crippen molar-refractivity contribution in [3.05, 3.63) is 34.9 Å². The van der Waals surface area contributed by atoms with Gasteiger partial charge in [0.05, 0.1) is 0 Å². The minimum atomic E-state index is -0.686. The highest BCUT2D eigenvalue weighted by Gasteiger charge is 2.22. The van der Waals surface area contributed by atoms with Crippen LogP contribution < -0.4 is 5.73 Å². The number of hydrogen-bond acceptors (Lipinski definition) is 3. The molecule has 0 amide bonds. The lowest BCUT2D eigenvalue weighted by molar-refractivity contribution is -0.156. The smallest absolute Gasteiger partial charge is 0.323 e. The molecular weight excluding hydrogens is 238 g/mol. The quantitative estimate of drug-likeness (QED) is 0.845. The molecule has 0 radical (unpaired) electrons. The SMILES string of the molecule is CC(C)(C)OC(=O)C(N)Cc1ccccc1Cl. The Bertz CT molecular complexity index is 399. The predicted molar refractivity (Wildman–Crippen MR) is 69.0 cm³/mol. The van der Waals surface area contributed by atoms with Crippen LogP contribution in [0.4, 0.5) is 0 Å². The highest BCUT2D eigenvalue weighted by atomic mass is 35.5. The van der Waals surface area contributed by atoms with Gasteiger partial charge in [-0.15, -0.1) is 0 Å². The minimum Gasteiger partial charge on any atom is -0.459 e. The summed E-state index contributed by atoms with van der Waals surface area (Å²) < 4.78 is 5.20. The lowest BCUT2D eigenvalue weighted by Crippen LogP contribution is -2.38. The van der Waals surface area contributed by atoms with Gasteiger partial charge in [-0.2, -0.15) is 0 Å². The second-order valence-electron chi connectivity index (χ2n) is 4.94. The Hall–Kier alpha value is -1.06. The predicted octanol–water partition coefficient (Wildman–Crippen LogP) is 2.55. The van der Waals surface area contributed by atoms with Crippen molar-refractivity contribution in [3.63, 3.8) is 0 Å². The monoisotopic (exact) mass is 255 g/mol. The van der Waals surface area contributed by atoms with Crippen LogP contribution in [0, 0.1) is 0 Å². The average Bonchev–Trinajstić information content (AvgIpc) is 2.18. The van der Waals surface area contributed by atoms with E-state index in [0.29, 0.717) is 11.4 Å². The van der Waals surface area contributed by atoms with Gasteiger partial charge in [-0.3, -0.25) is 4.79 Å². The first-order valence-electron chi connectivity index (χ1n) is 5.51. The molecule has 0 aliphatic heterocycles. The van der Waals surface area contributed by atoms with E-state index in [0.717, 1.165) is 5.56 Å². The van der Waals surface area contributed by atoms with Crippen molar-refractivity contribution in [2.24, 2.45) is 5.73 Å². The van der Waals surface area contributed by atoms with Crippen LogP contribution in [0.2, 0.25) is 5.02 Å². The van der Waals surface area contributed by atoms with Crippen molar-refractivity contribution in [3.8, 4) is 0 Å². The third-order valence-electron chi connectivity index (χ3n) is 2.11. The summed E-state index contributed by atoms with van der Waals surface area (Å²) in [5.41, 5.74) is 6.13. The normalized spacial score (nSPS) is 13.2. The molecule has 1 aromatic rings. The van der Waals surface area contributed by atoms with Crippen molar-refractivity contribution < 1.29 is 9.53 Å². The van der Waals surface area contributed by atoms with Gasteiger partial charge in [-0.25, -0.2) is 0 Å². The number of esters is 1. The second kappa shape index (κ2) is 5.52. The van der Waals surface area contributed by atoms with Crippen LogP contribution in [-0.4, -0.2) is 17.6 Å². The third kappa shape index (κ3) is 4.75. The van der Waals surface area contributed by atoms with Gasteiger partial charge in [0.25, 0.3) is 0 Å². The summed E-state index contributed by atoms with van der Waals surface area (Å²) in [6.45, 7) is 5.44. The molecule has 0 spiro atoms. The fraction of sp³-hybridized carbons (Fsp3) is 0.462. The molecule has 94 valence electrons. The Kier molecular flexibility index (Phi) is 4.54. The van der Waals surface area contributed by atoms with Crippen molar-refractivity contribution in [1.29, 1.82) is 0 Å². The molecule has 2 N–H and O–H groups in total. The van der Waals surface area contributed by atoms with Gasteiger partial charge in [0.15, 0.2) is 0 Å². The van der Waals surface area contributed by atoms with E-state index in [2.05, 4.69) is 0 Å².